The first kappa shape index (κ1) is 19.8. The molecule has 156 valence electrons. The molecule has 5 rings (SSSR count). The topological polar surface area (TPSA) is 56.1 Å². The third-order valence-corrected chi connectivity index (χ3v) is 5.72. The van der Waals surface area contributed by atoms with E-state index in [4.69, 9.17) is 9.84 Å². The lowest BCUT2D eigenvalue weighted by atomic mass is 10.2. The Hall–Kier alpha value is -4.16. The molecule has 1 amide bonds. The van der Waals surface area contributed by atoms with Crippen molar-refractivity contribution < 1.29 is 9.53 Å². The third kappa shape index (κ3) is 4.17. The average molecular weight is 438 g/mol. The van der Waals surface area contributed by atoms with Crippen molar-refractivity contribution in [2.75, 3.05) is 5.32 Å². The molecule has 5 nitrogen and oxygen atoms in total. The molecular formula is C26H19N3O2S. The highest BCUT2D eigenvalue weighted by Crippen LogP contribution is 2.32. The molecule has 0 fully saturated rings. The number of hydrogen-bond donors (Lipinski definition) is 1. The van der Waals surface area contributed by atoms with Gasteiger partial charge in [0.15, 0.2) is 5.75 Å². The number of aromatic nitrogens is 2. The second-order valence-corrected chi connectivity index (χ2v) is 7.96. The maximum atomic E-state index is 13.4. The number of nitrogens with one attached hydrogen (secondary N) is 1. The van der Waals surface area contributed by atoms with Crippen LogP contribution in [0.2, 0.25) is 0 Å². The summed E-state index contributed by atoms with van der Waals surface area (Å²) in [6, 6.07) is 30.5. The zero-order valence-corrected chi connectivity index (χ0v) is 17.8. The van der Waals surface area contributed by atoms with E-state index in [0.29, 0.717) is 28.4 Å². The van der Waals surface area contributed by atoms with Gasteiger partial charge in [0.25, 0.3) is 5.91 Å². The number of rotatable bonds is 6. The summed E-state index contributed by atoms with van der Waals surface area (Å²) in [7, 11) is 0. The molecule has 0 aliphatic carbocycles. The second kappa shape index (κ2) is 8.91. The van der Waals surface area contributed by atoms with Gasteiger partial charge in [-0.05, 0) is 47.8 Å². The Labute approximate surface area is 189 Å². The molecule has 0 bridgehead atoms. The number of nitrogens with zero attached hydrogens (tertiary/aromatic N) is 2. The SMILES string of the molecule is O=C(Nc1ccccc1Oc1ccccc1)c1cn(-c2ccccc2)nc1-c1cccs1. The van der Waals surface area contributed by atoms with Gasteiger partial charge in [0.2, 0.25) is 0 Å². The molecule has 0 saturated heterocycles. The lowest BCUT2D eigenvalue weighted by Gasteiger charge is -2.12. The summed E-state index contributed by atoms with van der Waals surface area (Å²) in [5.41, 5.74) is 2.61. The summed E-state index contributed by atoms with van der Waals surface area (Å²) in [6.45, 7) is 0. The summed E-state index contributed by atoms with van der Waals surface area (Å²) in [5, 5.41) is 9.69. The minimum atomic E-state index is -0.250. The molecule has 2 aromatic heterocycles. The lowest BCUT2D eigenvalue weighted by molar-refractivity contribution is 0.102. The number of anilines is 1. The molecule has 0 aliphatic heterocycles. The Bertz CT molecular complexity index is 1330. The Kier molecular flexibility index (Phi) is 5.51. The summed E-state index contributed by atoms with van der Waals surface area (Å²) < 4.78 is 7.72. The zero-order chi connectivity index (χ0) is 21.8. The summed E-state index contributed by atoms with van der Waals surface area (Å²) in [6.07, 6.45) is 1.76. The number of carbonyl (C=O) groups excluding carboxylic acids is 1. The van der Waals surface area contributed by atoms with Crippen LogP contribution >= 0.6 is 11.3 Å². The Morgan fingerprint density at radius 1 is 0.844 bits per heavy atom. The molecule has 6 heteroatoms. The van der Waals surface area contributed by atoms with Crippen LogP contribution < -0.4 is 10.1 Å². The fraction of sp³-hybridized carbons (Fsp3) is 0. The van der Waals surface area contributed by atoms with Gasteiger partial charge in [-0.2, -0.15) is 5.10 Å². The number of para-hydroxylation sites is 4. The van der Waals surface area contributed by atoms with Crippen molar-refractivity contribution in [1.82, 2.24) is 9.78 Å². The molecule has 0 spiro atoms. The first-order chi connectivity index (χ1) is 15.8. The zero-order valence-electron chi connectivity index (χ0n) is 17.0. The highest BCUT2D eigenvalue weighted by Gasteiger charge is 2.20. The molecule has 1 N–H and O–H groups in total. The van der Waals surface area contributed by atoms with E-state index in [1.54, 1.807) is 22.2 Å². The van der Waals surface area contributed by atoms with Gasteiger partial charge in [0.05, 0.1) is 21.8 Å². The van der Waals surface area contributed by atoms with Crippen molar-refractivity contribution in [2.24, 2.45) is 0 Å². The van der Waals surface area contributed by atoms with Crippen LogP contribution in [0.4, 0.5) is 5.69 Å². The number of hydrogen-bond acceptors (Lipinski definition) is 4. The first-order valence-corrected chi connectivity index (χ1v) is 11.0. The van der Waals surface area contributed by atoms with Gasteiger partial charge in [-0.15, -0.1) is 11.3 Å². The van der Waals surface area contributed by atoms with Gasteiger partial charge >= 0.3 is 0 Å². The van der Waals surface area contributed by atoms with Gasteiger partial charge in [-0.3, -0.25) is 4.79 Å². The maximum Gasteiger partial charge on any atom is 0.259 e. The number of ether oxygens (including phenoxy) is 1. The normalized spacial score (nSPS) is 10.6. The van der Waals surface area contributed by atoms with Gasteiger partial charge in [0.1, 0.15) is 11.4 Å². The van der Waals surface area contributed by atoms with Crippen molar-refractivity contribution >= 4 is 22.9 Å². The van der Waals surface area contributed by atoms with Crippen LogP contribution in [0, 0.1) is 0 Å². The molecule has 0 atom stereocenters. The maximum absolute atomic E-state index is 13.4. The minimum Gasteiger partial charge on any atom is -0.455 e. The van der Waals surface area contributed by atoms with Crippen LogP contribution in [-0.2, 0) is 0 Å². The molecule has 5 aromatic rings. The summed E-state index contributed by atoms with van der Waals surface area (Å²) in [4.78, 5) is 14.3. The highest BCUT2D eigenvalue weighted by molar-refractivity contribution is 7.13. The molecule has 2 heterocycles. The van der Waals surface area contributed by atoms with E-state index >= 15 is 0 Å². The number of amides is 1. The molecule has 32 heavy (non-hydrogen) atoms. The van der Waals surface area contributed by atoms with Crippen LogP contribution in [0.15, 0.2) is 109 Å². The molecule has 0 aliphatic rings. The van der Waals surface area contributed by atoms with Crippen molar-refractivity contribution in [3.63, 3.8) is 0 Å². The number of thiophene rings is 1. The number of carbonyl (C=O) groups is 1. The van der Waals surface area contributed by atoms with E-state index in [0.717, 1.165) is 10.6 Å². The van der Waals surface area contributed by atoms with E-state index in [1.807, 2.05) is 102 Å². The van der Waals surface area contributed by atoms with Crippen LogP contribution in [-0.4, -0.2) is 15.7 Å². The van der Waals surface area contributed by atoms with Crippen molar-refractivity contribution in [3.05, 3.63) is 114 Å². The average Bonchev–Trinajstić information content (AvgIpc) is 3.52. The highest BCUT2D eigenvalue weighted by atomic mass is 32.1. The minimum absolute atomic E-state index is 0.250. The Balaban J connectivity index is 1.48. The van der Waals surface area contributed by atoms with E-state index in [-0.39, 0.29) is 5.91 Å². The predicted molar refractivity (Wildman–Crippen MR) is 128 cm³/mol. The van der Waals surface area contributed by atoms with Gasteiger partial charge in [-0.25, -0.2) is 4.68 Å². The van der Waals surface area contributed by atoms with Gasteiger partial charge < -0.3 is 10.1 Å². The Morgan fingerprint density at radius 2 is 1.56 bits per heavy atom. The summed E-state index contributed by atoms with van der Waals surface area (Å²) in [5.74, 6) is 1.02. The molecule has 0 unspecified atom stereocenters. The van der Waals surface area contributed by atoms with Gasteiger partial charge in [-0.1, -0.05) is 54.6 Å². The third-order valence-electron chi connectivity index (χ3n) is 4.84. The van der Waals surface area contributed by atoms with Crippen molar-refractivity contribution in [1.29, 1.82) is 0 Å². The van der Waals surface area contributed by atoms with E-state index in [1.165, 1.54) is 0 Å². The first-order valence-electron chi connectivity index (χ1n) is 10.1. The van der Waals surface area contributed by atoms with E-state index < -0.39 is 0 Å². The van der Waals surface area contributed by atoms with Crippen LogP contribution in [0.25, 0.3) is 16.3 Å². The number of benzene rings is 3. The van der Waals surface area contributed by atoms with Crippen molar-refractivity contribution in [3.8, 4) is 27.8 Å². The predicted octanol–water partition coefficient (Wildman–Crippen LogP) is 6.65. The molecule has 0 radical (unpaired) electrons. The molecular weight excluding hydrogens is 418 g/mol. The lowest BCUT2D eigenvalue weighted by Crippen LogP contribution is -2.12. The molecule has 3 aromatic carbocycles. The van der Waals surface area contributed by atoms with Crippen LogP contribution in [0.5, 0.6) is 11.5 Å². The standard InChI is InChI=1S/C26H19N3O2S/c30-26(27-22-14-7-8-15-23(22)31-20-12-5-2-6-13-20)21-18-29(19-10-3-1-4-11-19)28-25(21)24-16-9-17-32-24/h1-18H,(H,27,30). The monoisotopic (exact) mass is 437 g/mol. The van der Waals surface area contributed by atoms with Crippen LogP contribution in [0.3, 0.4) is 0 Å². The fourth-order valence-corrected chi connectivity index (χ4v) is 4.04. The second-order valence-electron chi connectivity index (χ2n) is 7.01. The smallest absolute Gasteiger partial charge is 0.259 e. The Morgan fingerprint density at radius 3 is 2.31 bits per heavy atom. The van der Waals surface area contributed by atoms with Crippen molar-refractivity contribution in [2.45, 2.75) is 0 Å². The van der Waals surface area contributed by atoms with E-state index in [2.05, 4.69) is 5.32 Å². The molecule has 0 saturated carbocycles. The summed E-state index contributed by atoms with van der Waals surface area (Å²) >= 11 is 1.55. The van der Waals surface area contributed by atoms with Crippen LogP contribution in [0.1, 0.15) is 10.4 Å². The van der Waals surface area contributed by atoms with Gasteiger partial charge in [0, 0.05) is 6.20 Å². The quantitative estimate of drug-likeness (QED) is 0.324. The fourth-order valence-electron chi connectivity index (χ4n) is 3.31. The van der Waals surface area contributed by atoms with E-state index in [9.17, 15) is 4.79 Å². The largest absolute Gasteiger partial charge is 0.455 e.